The van der Waals surface area contributed by atoms with Crippen molar-refractivity contribution in [3.63, 3.8) is 0 Å². The number of aliphatic hydroxyl groups excluding tert-OH is 1. The molecule has 0 bridgehead atoms. The number of nitro benzene ring substituents is 1. The second kappa shape index (κ2) is 9.11. The van der Waals surface area contributed by atoms with Crippen LogP contribution in [0.5, 0.6) is 0 Å². The number of allylic oxidation sites excluding steroid dienone is 1. The summed E-state index contributed by atoms with van der Waals surface area (Å²) in [6, 6.07) is 10.1. The molecule has 10 heteroatoms. The first-order valence-electron chi connectivity index (χ1n) is 9.46. The highest BCUT2D eigenvalue weighted by Crippen LogP contribution is 2.27. The molecule has 1 amide bonds. The minimum atomic E-state index is -0.843. The smallest absolute Gasteiger partial charge is 0.344 e. The molecular weight excluding hydrogens is 438 g/mol. The molecule has 0 saturated carbocycles. The Morgan fingerprint density at radius 2 is 1.84 bits per heavy atom. The van der Waals surface area contributed by atoms with Gasteiger partial charge in [0.05, 0.1) is 27.3 Å². The van der Waals surface area contributed by atoms with Crippen molar-refractivity contribution in [3.05, 3.63) is 85.6 Å². The van der Waals surface area contributed by atoms with E-state index in [0.717, 1.165) is 6.07 Å². The number of carbonyl (C=O) groups excluding carboxylic acids is 2. The van der Waals surface area contributed by atoms with E-state index in [9.17, 15) is 24.8 Å². The molecule has 0 atom stereocenters. The van der Waals surface area contributed by atoms with Crippen LogP contribution in [0.4, 0.5) is 5.69 Å². The van der Waals surface area contributed by atoms with E-state index in [4.69, 9.17) is 16.3 Å². The number of carbonyl (C=O) groups is 2. The molecule has 0 spiro atoms. The molecule has 0 fully saturated rings. The van der Waals surface area contributed by atoms with Crippen molar-refractivity contribution in [1.29, 1.82) is 0 Å². The molecule has 0 aromatic heterocycles. The maximum atomic E-state index is 12.8. The van der Waals surface area contributed by atoms with Crippen molar-refractivity contribution in [2.24, 2.45) is 9.98 Å². The van der Waals surface area contributed by atoms with Crippen molar-refractivity contribution in [3.8, 4) is 0 Å². The van der Waals surface area contributed by atoms with Crippen LogP contribution in [0.25, 0.3) is 0 Å². The lowest BCUT2D eigenvalue weighted by Crippen LogP contribution is -2.21. The number of hydrogen-bond donors (Lipinski definition) is 1. The van der Waals surface area contributed by atoms with Crippen LogP contribution >= 0.6 is 11.6 Å². The van der Waals surface area contributed by atoms with E-state index in [-0.39, 0.29) is 39.2 Å². The molecular formula is C22H18ClN3O6. The highest BCUT2D eigenvalue weighted by atomic mass is 35.5. The van der Waals surface area contributed by atoms with Gasteiger partial charge < -0.3 is 9.84 Å². The summed E-state index contributed by atoms with van der Waals surface area (Å²) in [7, 11) is 0. The minimum Gasteiger partial charge on any atom is -0.512 e. The van der Waals surface area contributed by atoms with Crippen LogP contribution in [0.3, 0.4) is 0 Å². The lowest BCUT2D eigenvalue weighted by atomic mass is 9.99. The Bertz CT molecular complexity index is 1230. The number of nitrogens with zero attached hydrogens (tertiary/aromatic N) is 3. The molecule has 3 rings (SSSR count). The predicted molar refractivity (Wildman–Crippen MR) is 119 cm³/mol. The van der Waals surface area contributed by atoms with Crippen LogP contribution in [0.1, 0.15) is 42.3 Å². The van der Waals surface area contributed by atoms with Gasteiger partial charge in [-0.1, -0.05) is 35.9 Å². The zero-order valence-electron chi connectivity index (χ0n) is 17.3. The number of hydrogen-bond acceptors (Lipinski definition) is 6. The highest BCUT2D eigenvalue weighted by Gasteiger charge is 2.31. The number of fused-ring (bicyclic) bond motifs is 1. The number of nitro groups is 1. The average molecular weight is 456 g/mol. The van der Waals surface area contributed by atoms with Gasteiger partial charge in [0.25, 0.3) is 11.6 Å². The number of aliphatic hydroxyl groups is 1. The van der Waals surface area contributed by atoms with E-state index < -0.39 is 22.9 Å². The van der Waals surface area contributed by atoms with Crippen LogP contribution < -0.4 is 0 Å². The molecule has 32 heavy (non-hydrogen) atoms. The first-order chi connectivity index (χ1) is 15.1. The van der Waals surface area contributed by atoms with Crippen molar-refractivity contribution in [2.45, 2.75) is 26.9 Å². The van der Waals surface area contributed by atoms with Crippen LogP contribution in [0.15, 0.2) is 63.8 Å². The number of amidine groups is 1. The quantitative estimate of drug-likeness (QED) is 0.233. The van der Waals surface area contributed by atoms with Crippen molar-refractivity contribution in [1.82, 2.24) is 0 Å². The van der Waals surface area contributed by atoms with Gasteiger partial charge >= 0.3 is 5.97 Å². The lowest BCUT2D eigenvalue weighted by Gasteiger charge is -2.12. The van der Waals surface area contributed by atoms with E-state index in [1.807, 2.05) is 0 Å². The molecule has 1 aliphatic heterocycles. The van der Waals surface area contributed by atoms with E-state index in [2.05, 4.69) is 9.98 Å². The number of halogens is 1. The fourth-order valence-corrected chi connectivity index (χ4v) is 3.22. The van der Waals surface area contributed by atoms with Gasteiger partial charge in [0.1, 0.15) is 11.3 Å². The maximum absolute atomic E-state index is 12.8. The summed E-state index contributed by atoms with van der Waals surface area (Å²) in [5.41, 5.74) is 0.372. The summed E-state index contributed by atoms with van der Waals surface area (Å²) in [5.74, 6) is -1.95. The third-order valence-electron chi connectivity index (χ3n) is 4.38. The van der Waals surface area contributed by atoms with Gasteiger partial charge in [-0.15, -0.1) is 0 Å². The Balaban J connectivity index is 2.11. The van der Waals surface area contributed by atoms with Crippen molar-refractivity contribution in [2.75, 3.05) is 0 Å². The monoisotopic (exact) mass is 455 g/mol. The van der Waals surface area contributed by atoms with E-state index >= 15 is 0 Å². The minimum absolute atomic E-state index is 0.00673. The Kier molecular flexibility index (Phi) is 6.50. The van der Waals surface area contributed by atoms with Crippen molar-refractivity contribution >= 4 is 40.7 Å². The van der Waals surface area contributed by atoms with E-state index in [1.54, 1.807) is 38.1 Å². The number of amides is 1. The molecule has 164 valence electrons. The summed E-state index contributed by atoms with van der Waals surface area (Å²) in [5, 5.41) is 21.2. The molecule has 1 heterocycles. The third-order valence-corrected chi connectivity index (χ3v) is 4.71. The van der Waals surface area contributed by atoms with Gasteiger partial charge in [0.15, 0.2) is 5.84 Å². The van der Waals surface area contributed by atoms with Gasteiger partial charge in [-0.25, -0.2) is 9.79 Å². The second-order valence-electron chi connectivity index (χ2n) is 7.08. The van der Waals surface area contributed by atoms with Crippen molar-refractivity contribution < 1.29 is 24.4 Å². The first kappa shape index (κ1) is 22.8. The Labute approximate surface area is 187 Å². The summed E-state index contributed by atoms with van der Waals surface area (Å²) in [6.07, 6.45) is -0.431. The molecule has 0 radical (unpaired) electrons. The summed E-state index contributed by atoms with van der Waals surface area (Å²) < 4.78 is 5.21. The molecule has 0 unspecified atom stereocenters. The number of ether oxygens (including phenoxy) is 1. The van der Waals surface area contributed by atoms with Gasteiger partial charge in [0, 0.05) is 23.3 Å². The normalized spacial score (nSPS) is 14.7. The van der Waals surface area contributed by atoms with E-state index in [1.165, 1.54) is 19.1 Å². The van der Waals surface area contributed by atoms with E-state index in [0.29, 0.717) is 11.1 Å². The SMILES string of the molecule is C/C(O)=C(/C(=O)OC(C)C)C1=NC(=NC(=O)c2cc([N+](=O)[O-])ccc2Cl)c2ccccc21. The molecule has 1 aliphatic rings. The number of non-ortho nitro benzene ring substituents is 1. The standard InChI is InChI=1S/C22H18ClN3O6/c1-11(2)32-22(29)18(12(3)27)19-14-6-4-5-7-15(14)20(24-19)25-21(28)16-10-13(26(30)31)8-9-17(16)23/h4-11,27H,1-3H3/b18-12-,25-20?. The Morgan fingerprint density at radius 1 is 1.19 bits per heavy atom. The Hall–Kier alpha value is -3.85. The lowest BCUT2D eigenvalue weighted by molar-refractivity contribution is -0.384. The molecule has 2 aromatic carbocycles. The summed E-state index contributed by atoms with van der Waals surface area (Å²) in [4.78, 5) is 44.0. The zero-order valence-corrected chi connectivity index (χ0v) is 18.1. The number of benzene rings is 2. The highest BCUT2D eigenvalue weighted by molar-refractivity contribution is 6.37. The van der Waals surface area contributed by atoms with Crippen LogP contribution in [0, 0.1) is 10.1 Å². The zero-order chi connectivity index (χ0) is 23.6. The van der Waals surface area contributed by atoms with Crippen LogP contribution in [-0.2, 0) is 9.53 Å². The fourth-order valence-electron chi connectivity index (χ4n) is 3.02. The average Bonchev–Trinajstić information content (AvgIpc) is 3.05. The molecule has 0 saturated heterocycles. The predicted octanol–water partition coefficient (Wildman–Crippen LogP) is 4.42. The van der Waals surface area contributed by atoms with Gasteiger partial charge in [0.2, 0.25) is 0 Å². The topological polar surface area (TPSA) is 131 Å². The molecule has 0 aliphatic carbocycles. The maximum Gasteiger partial charge on any atom is 0.344 e. The second-order valence-corrected chi connectivity index (χ2v) is 7.49. The van der Waals surface area contributed by atoms with Gasteiger partial charge in [-0.05, 0) is 26.8 Å². The number of esters is 1. The van der Waals surface area contributed by atoms with Gasteiger partial charge in [-0.3, -0.25) is 14.9 Å². The Morgan fingerprint density at radius 3 is 2.44 bits per heavy atom. The molecule has 9 nitrogen and oxygen atoms in total. The largest absolute Gasteiger partial charge is 0.512 e. The summed E-state index contributed by atoms with van der Waals surface area (Å²) in [6.45, 7) is 4.66. The number of rotatable bonds is 5. The third kappa shape index (κ3) is 4.57. The molecule has 1 N–H and O–H groups in total. The first-order valence-corrected chi connectivity index (χ1v) is 9.84. The molecule has 2 aromatic rings. The van der Waals surface area contributed by atoms with Crippen LogP contribution in [0.2, 0.25) is 5.02 Å². The number of aliphatic imine (C=N–C) groups is 2. The fraction of sp³-hybridized carbons (Fsp3) is 0.182. The van der Waals surface area contributed by atoms with Crippen LogP contribution in [-0.4, -0.2) is 39.6 Å². The van der Waals surface area contributed by atoms with Gasteiger partial charge in [-0.2, -0.15) is 4.99 Å². The summed E-state index contributed by atoms with van der Waals surface area (Å²) >= 11 is 6.04.